The van der Waals surface area contributed by atoms with E-state index in [-0.39, 0.29) is 78.5 Å². The number of nitrogens with zero attached hydrogens (tertiary/aromatic N) is 5. The van der Waals surface area contributed by atoms with Crippen LogP contribution in [0.3, 0.4) is 0 Å². The van der Waals surface area contributed by atoms with Gasteiger partial charge in [0.25, 0.3) is 11.1 Å². The third-order valence-electron chi connectivity index (χ3n) is 12.0. The molecule has 4 aromatic heterocycles. The first kappa shape index (κ1) is 45.5. The second-order valence-corrected chi connectivity index (χ2v) is 17.5. The average Bonchev–Trinajstić information content (AvgIpc) is 3.98. The molecule has 2 aliphatic rings. The van der Waals surface area contributed by atoms with Gasteiger partial charge in [0.15, 0.2) is 0 Å². The van der Waals surface area contributed by atoms with E-state index in [4.69, 9.17) is 9.47 Å². The van der Waals surface area contributed by atoms with Crippen LogP contribution in [0.15, 0.2) is 90.6 Å². The SMILES string of the molecule is CCOC(=O)[C@@H]1CN(CCn2c(=O)[nH]c3sccc3c2=O)CC[C@@H]1c1ccc(F)cc1.CCOC(=O)[C@@H]1CN(CCn2c(=O)c3ccsc3n(C)c2=O)CC[C@@H]1c1ccc(F)cc1. The molecule has 1 N–H and O–H groups in total. The van der Waals surface area contributed by atoms with Crippen LogP contribution < -0.4 is 22.5 Å². The molecule has 0 bridgehead atoms. The van der Waals surface area contributed by atoms with Crippen LogP contribution in [-0.2, 0) is 39.2 Å². The highest BCUT2D eigenvalue weighted by molar-refractivity contribution is 7.17. The van der Waals surface area contributed by atoms with Crippen molar-refractivity contribution in [1.82, 2.24) is 28.5 Å². The number of carbonyl (C=O) groups excluding carboxylic acids is 2. The molecule has 2 fully saturated rings. The number of fused-ring (bicyclic) bond motifs is 2. The van der Waals surface area contributed by atoms with Gasteiger partial charge in [0.2, 0.25) is 0 Å². The minimum atomic E-state index is -0.428. The highest BCUT2D eigenvalue weighted by Crippen LogP contribution is 2.35. The number of aromatic amines is 1. The zero-order valence-corrected chi connectivity index (χ0v) is 36.9. The van der Waals surface area contributed by atoms with Crippen LogP contribution in [0.4, 0.5) is 8.78 Å². The van der Waals surface area contributed by atoms with Gasteiger partial charge in [0.05, 0.1) is 35.8 Å². The Morgan fingerprint density at radius 1 is 0.667 bits per heavy atom. The molecule has 6 aromatic rings. The summed E-state index contributed by atoms with van der Waals surface area (Å²) in [6.45, 7) is 7.84. The maximum Gasteiger partial charge on any atom is 0.331 e. The van der Waals surface area contributed by atoms with Crippen molar-refractivity contribution in [2.24, 2.45) is 18.9 Å². The minimum Gasteiger partial charge on any atom is -0.466 e. The summed E-state index contributed by atoms with van der Waals surface area (Å²) in [5.74, 6) is -2.11. The van der Waals surface area contributed by atoms with Crippen molar-refractivity contribution in [3.8, 4) is 0 Å². The van der Waals surface area contributed by atoms with E-state index in [0.717, 1.165) is 11.1 Å². The van der Waals surface area contributed by atoms with Crippen molar-refractivity contribution >= 4 is 55.0 Å². The predicted molar refractivity (Wildman–Crippen MR) is 239 cm³/mol. The molecule has 0 radical (unpaired) electrons. The van der Waals surface area contributed by atoms with Crippen molar-refractivity contribution < 1.29 is 27.8 Å². The number of hydrogen-bond acceptors (Lipinski definition) is 12. The lowest BCUT2D eigenvalue weighted by Gasteiger charge is -2.37. The van der Waals surface area contributed by atoms with E-state index in [1.165, 1.54) is 60.6 Å². The lowest BCUT2D eigenvalue weighted by Crippen LogP contribution is -2.47. The lowest BCUT2D eigenvalue weighted by molar-refractivity contribution is -0.151. The number of benzene rings is 2. The topological polar surface area (TPSA) is 158 Å². The van der Waals surface area contributed by atoms with Gasteiger partial charge in [-0.1, -0.05) is 24.3 Å². The molecule has 2 saturated heterocycles. The fourth-order valence-electron chi connectivity index (χ4n) is 8.72. The Kier molecular flexibility index (Phi) is 14.6. The molecule has 334 valence electrons. The van der Waals surface area contributed by atoms with Crippen LogP contribution in [0.25, 0.3) is 20.4 Å². The fraction of sp³-hybridized carbons (Fsp3) is 0.422. The zero-order valence-electron chi connectivity index (χ0n) is 35.3. The molecule has 63 heavy (non-hydrogen) atoms. The number of esters is 2. The first-order valence-electron chi connectivity index (χ1n) is 21.0. The quantitative estimate of drug-likeness (QED) is 0.163. The maximum absolute atomic E-state index is 13.4. The summed E-state index contributed by atoms with van der Waals surface area (Å²) < 4.78 is 41.3. The van der Waals surface area contributed by atoms with Crippen LogP contribution in [0.5, 0.6) is 0 Å². The van der Waals surface area contributed by atoms with Crippen LogP contribution in [-0.4, -0.2) is 92.9 Å². The highest BCUT2D eigenvalue weighted by atomic mass is 32.1. The number of piperidine rings is 2. The third kappa shape index (κ3) is 10.1. The number of aromatic nitrogens is 4. The second kappa shape index (κ2) is 20.3. The number of likely N-dealkylation sites (tertiary alicyclic amines) is 2. The molecular weight excluding hydrogens is 855 g/mol. The van der Waals surface area contributed by atoms with Gasteiger partial charge >= 0.3 is 23.3 Å². The molecule has 8 rings (SSSR count). The minimum absolute atomic E-state index is 0.0656. The normalized spacial score (nSPS) is 19.4. The summed E-state index contributed by atoms with van der Waals surface area (Å²) in [6.07, 6.45) is 1.40. The van der Waals surface area contributed by atoms with E-state index in [1.54, 1.807) is 68.1 Å². The molecule has 0 unspecified atom stereocenters. The number of carbonyl (C=O) groups is 2. The Morgan fingerprint density at radius 3 is 1.67 bits per heavy atom. The molecule has 18 heteroatoms. The lowest BCUT2D eigenvalue weighted by atomic mass is 9.80. The Morgan fingerprint density at radius 2 is 1.14 bits per heavy atom. The first-order chi connectivity index (χ1) is 30.4. The number of halogens is 2. The maximum atomic E-state index is 13.4. The average molecular weight is 905 g/mol. The van der Waals surface area contributed by atoms with Gasteiger partial charge in [-0.2, -0.15) is 0 Å². The van der Waals surface area contributed by atoms with E-state index in [2.05, 4.69) is 14.8 Å². The number of hydrogen-bond donors (Lipinski definition) is 1. The molecule has 4 atom stereocenters. The van der Waals surface area contributed by atoms with E-state index >= 15 is 0 Å². The van der Waals surface area contributed by atoms with Gasteiger partial charge in [0.1, 0.15) is 21.3 Å². The van der Waals surface area contributed by atoms with Crippen molar-refractivity contribution in [1.29, 1.82) is 0 Å². The first-order valence-corrected chi connectivity index (χ1v) is 22.8. The van der Waals surface area contributed by atoms with E-state index in [1.807, 2.05) is 0 Å². The highest BCUT2D eigenvalue weighted by Gasteiger charge is 2.37. The van der Waals surface area contributed by atoms with Gasteiger partial charge in [0, 0.05) is 46.3 Å². The molecule has 2 aliphatic heterocycles. The van der Waals surface area contributed by atoms with Crippen molar-refractivity contribution in [2.45, 2.75) is 51.6 Å². The Bertz CT molecular complexity index is 2800. The van der Waals surface area contributed by atoms with Gasteiger partial charge < -0.3 is 19.3 Å². The molecule has 14 nitrogen and oxygen atoms in total. The van der Waals surface area contributed by atoms with E-state index in [9.17, 15) is 37.5 Å². The van der Waals surface area contributed by atoms with Gasteiger partial charge in [-0.25, -0.2) is 18.4 Å². The Labute approximate surface area is 368 Å². The van der Waals surface area contributed by atoms with Crippen LogP contribution in [0.1, 0.15) is 49.7 Å². The summed E-state index contributed by atoms with van der Waals surface area (Å²) in [5.41, 5.74) is 0.471. The summed E-state index contributed by atoms with van der Waals surface area (Å²) in [5, 5.41) is 4.62. The Balaban J connectivity index is 0.000000189. The number of ether oxygens (including phenoxy) is 2. The molecule has 0 aliphatic carbocycles. The smallest absolute Gasteiger partial charge is 0.331 e. The van der Waals surface area contributed by atoms with Crippen molar-refractivity contribution in [2.75, 3.05) is 52.5 Å². The largest absolute Gasteiger partial charge is 0.466 e. The molecule has 2 aromatic carbocycles. The number of aryl methyl sites for hydroxylation is 1. The number of nitrogens with one attached hydrogen (secondary N) is 1. The summed E-state index contributed by atoms with van der Waals surface area (Å²) >= 11 is 2.69. The molecular formula is C45H50F2N6O8S2. The summed E-state index contributed by atoms with van der Waals surface area (Å²) in [6, 6.07) is 16.0. The monoisotopic (exact) mass is 904 g/mol. The van der Waals surface area contributed by atoms with Crippen molar-refractivity contribution in [3.05, 3.63) is 136 Å². The summed E-state index contributed by atoms with van der Waals surface area (Å²) in [7, 11) is 1.67. The second-order valence-electron chi connectivity index (χ2n) is 15.7. The van der Waals surface area contributed by atoms with Crippen LogP contribution >= 0.6 is 22.7 Å². The molecule has 0 spiro atoms. The molecule has 6 heterocycles. The standard InChI is InChI=1S/C23H26FN3O4S.C22H24FN3O4S/c1-3-31-22(29)19-14-26(10-8-17(19)15-4-6-16(24)7-5-15)11-12-27-20(28)18-9-13-32-21(18)25(2)23(27)30;1-2-30-21(28)18-13-25(9-7-16(18)14-3-5-15(23)6-4-14)10-11-26-20(27)17-8-12-31-19(17)24-22(26)29/h4-7,9,13,17,19H,3,8,10-12,14H2,1-2H3;3-6,8,12,16,18H,2,7,9-11,13H2,1H3,(H,24,29)/t17-,19-;16-,18-/m11/s1. The fourth-order valence-corrected chi connectivity index (χ4v) is 10.3. The van der Waals surface area contributed by atoms with E-state index in [0.29, 0.717) is 72.5 Å². The molecule has 0 amide bonds. The third-order valence-corrected chi connectivity index (χ3v) is 13.8. The molecule has 0 saturated carbocycles. The van der Waals surface area contributed by atoms with Gasteiger partial charge in [-0.05, 0) is 110 Å². The van der Waals surface area contributed by atoms with Crippen LogP contribution in [0.2, 0.25) is 0 Å². The Hall–Kier alpha value is -5.56. The predicted octanol–water partition coefficient (Wildman–Crippen LogP) is 5.13. The number of rotatable bonds is 12. The zero-order chi connectivity index (χ0) is 44.8. The number of thiophene rings is 2. The van der Waals surface area contributed by atoms with Gasteiger partial charge in [-0.15, -0.1) is 22.7 Å². The summed E-state index contributed by atoms with van der Waals surface area (Å²) in [4.78, 5) is 84.0. The number of H-pyrrole nitrogens is 1. The van der Waals surface area contributed by atoms with Gasteiger partial charge in [-0.3, -0.25) is 37.9 Å². The van der Waals surface area contributed by atoms with Crippen LogP contribution in [0, 0.1) is 23.5 Å². The van der Waals surface area contributed by atoms with E-state index < -0.39 is 17.5 Å². The van der Waals surface area contributed by atoms with Crippen molar-refractivity contribution in [3.63, 3.8) is 0 Å².